The van der Waals surface area contributed by atoms with Gasteiger partial charge in [-0.25, -0.2) is 9.38 Å². The predicted molar refractivity (Wildman–Crippen MR) is 50.6 cm³/mol. The van der Waals surface area contributed by atoms with E-state index in [9.17, 15) is 4.39 Å². The highest BCUT2D eigenvalue weighted by Crippen LogP contribution is 2.16. The summed E-state index contributed by atoms with van der Waals surface area (Å²) in [4.78, 5) is 3.93. The molecule has 0 amide bonds. The van der Waals surface area contributed by atoms with Crippen molar-refractivity contribution in [3.8, 4) is 0 Å². The van der Waals surface area contributed by atoms with Crippen molar-refractivity contribution in [2.45, 2.75) is 13.0 Å². The van der Waals surface area contributed by atoms with E-state index in [0.717, 1.165) is 5.56 Å². The zero-order valence-electron chi connectivity index (χ0n) is 7.37. The Morgan fingerprint density at radius 1 is 1.31 bits per heavy atom. The Labute approximate surface area is 76.3 Å². The van der Waals surface area contributed by atoms with Crippen molar-refractivity contribution in [3.63, 3.8) is 0 Å². The molecule has 1 unspecified atom stereocenters. The molecule has 70 valence electrons. The van der Waals surface area contributed by atoms with Crippen LogP contribution >= 0.6 is 0 Å². The maximum Gasteiger partial charge on any atom is 0.186 e. The van der Waals surface area contributed by atoms with E-state index in [1.807, 2.05) is 6.92 Å². The second-order valence-electron chi connectivity index (χ2n) is 2.78. The van der Waals surface area contributed by atoms with Gasteiger partial charge in [0.05, 0.1) is 6.04 Å². The van der Waals surface area contributed by atoms with Crippen molar-refractivity contribution >= 4 is 5.96 Å². The molecule has 0 saturated carbocycles. The van der Waals surface area contributed by atoms with E-state index in [2.05, 4.69) is 4.99 Å². The van der Waals surface area contributed by atoms with Crippen molar-refractivity contribution in [1.82, 2.24) is 0 Å². The molecular formula is C9H12FN3. The quantitative estimate of drug-likeness (QED) is 0.531. The Morgan fingerprint density at radius 3 is 2.31 bits per heavy atom. The average molecular weight is 181 g/mol. The third-order valence-electron chi connectivity index (χ3n) is 1.70. The molecule has 0 bridgehead atoms. The van der Waals surface area contributed by atoms with Crippen LogP contribution in [0.3, 0.4) is 0 Å². The molecule has 1 atom stereocenters. The number of benzene rings is 1. The molecule has 0 aromatic heterocycles. The molecule has 0 radical (unpaired) electrons. The lowest BCUT2D eigenvalue weighted by Crippen LogP contribution is -2.23. The Balaban J connectivity index is 2.83. The summed E-state index contributed by atoms with van der Waals surface area (Å²) in [7, 11) is 0. The molecule has 0 aliphatic carbocycles. The van der Waals surface area contributed by atoms with E-state index in [-0.39, 0.29) is 17.8 Å². The minimum atomic E-state index is -0.263. The first-order chi connectivity index (χ1) is 6.09. The first-order valence-corrected chi connectivity index (χ1v) is 3.94. The van der Waals surface area contributed by atoms with Gasteiger partial charge < -0.3 is 11.5 Å². The topological polar surface area (TPSA) is 64.4 Å². The number of halogens is 1. The average Bonchev–Trinajstić information content (AvgIpc) is 2.04. The molecule has 13 heavy (non-hydrogen) atoms. The fraction of sp³-hybridized carbons (Fsp3) is 0.222. The number of rotatable bonds is 2. The van der Waals surface area contributed by atoms with E-state index in [4.69, 9.17) is 11.5 Å². The molecule has 0 spiro atoms. The molecule has 0 fully saturated rings. The van der Waals surface area contributed by atoms with Crippen molar-refractivity contribution < 1.29 is 4.39 Å². The summed E-state index contributed by atoms with van der Waals surface area (Å²) < 4.78 is 12.5. The molecule has 4 heteroatoms. The van der Waals surface area contributed by atoms with E-state index < -0.39 is 0 Å². The summed E-state index contributed by atoms with van der Waals surface area (Å²) in [5.41, 5.74) is 11.3. The van der Waals surface area contributed by atoms with Gasteiger partial charge in [0.25, 0.3) is 0 Å². The summed E-state index contributed by atoms with van der Waals surface area (Å²) in [5, 5.41) is 0. The lowest BCUT2D eigenvalue weighted by atomic mass is 10.1. The SMILES string of the molecule is CC(N=C(N)N)c1ccc(F)cc1. The summed E-state index contributed by atoms with van der Waals surface area (Å²) >= 11 is 0. The fourth-order valence-electron chi connectivity index (χ4n) is 1.04. The molecule has 1 aromatic rings. The van der Waals surface area contributed by atoms with Gasteiger partial charge in [0, 0.05) is 0 Å². The van der Waals surface area contributed by atoms with E-state index >= 15 is 0 Å². The molecule has 0 aliphatic heterocycles. The van der Waals surface area contributed by atoms with Crippen LogP contribution in [0.5, 0.6) is 0 Å². The molecule has 0 heterocycles. The molecule has 0 saturated heterocycles. The van der Waals surface area contributed by atoms with Gasteiger partial charge in [-0.1, -0.05) is 12.1 Å². The number of hydrogen-bond donors (Lipinski definition) is 2. The third-order valence-corrected chi connectivity index (χ3v) is 1.70. The molecular weight excluding hydrogens is 169 g/mol. The van der Waals surface area contributed by atoms with Gasteiger partial charge in [-0.15, -0.1) is 0 Å². The van der Waals surface area contributed by atoms with Gasteiger partial charge in [-0.2, -0.15) is 0 Å². The summed E-state index contributed by atoms with van der Waals surface area (Å²) in [5.74, 6) is -0.225. The predicted octanol–water partition coefficient (Wildman–Crippen LogP) is 1.16. The second kappa shape index (κ2) is 3.89. The van der Waals surface area contributed by atoms with Crippen LogP contribution < -0.4 is 11.5 Å². The van der Waals surface area contributed by atoms with Gasteiger partial charge in [0.2, 0.25) is 0 Å². The van der Waals surface area contributed by atoms with Crippen molar-refractivity contribution in [2.24, 2.45) is 16.5 Å². The molecule has 0 aliphatic rings. The zero-order chi connectivity index (χ0) is 9.84. The van der Waals surface area contributed by atoms with Gasteiger partial charge in [0.15, 0.2) is 5.96 Å². The normalized spacial score (nSPS) is 12.2. The Hall–Kier alpha value is -1.58. The van der Waals surface area contributed by atoms with E-state index in [1.54, 1.807) is 12.1 Å². The zero-order valence-corrected chi connectivity index (χ0v) is 7.37. The minimum absolute atomic E-state index is 0.0387. The molecule has 4 N–H and O–H groups in total. The van der Waals surface area contributed by atoms with Crippen LogP contribution in [0.15, 0.2) is 29.3 Å². The van der Waals surface area contributed by atoms with Crippen LogP contribution in [0.4, 0.5) is 4.39 Å². The monoisotopic (exact) mass is 181 g/mol. The van der Waals surface area contributed by atoms with Crippen molar-refractivity contribution in [1.29, 1.82) is 0 Å². The third kappa shape index (κ3) is 2.74. The highest BCUT2D eigenvalue weighted by atomic mass is 19.1. The van der Waals surface area contributed by atoms with Gasteiger partial charge in [-0.05, 0) is 24.6 Å². The van der Waals surface area contributed by atoms with Crippen LogP contribution in [0.2, 0.25) is 0 Å². The number of guanidine groups is 1. The number of nitrogens with two attached hydrogens (primary N) is 2. The standard InChI is InChI=1S/C9H12FN3/c1-6(13-9(11)12)7-2-4-8(10)5-3-7/h2-6H,1H3,(H4,11,12,13). The lowest BCUT2D eigenvalue weighted by molar-refractivity contribution is 0.626. The smallest absolute Gasteiger partial charge is 0.186 e. The highest BCUT2D eigenvalue weighted by Gasteiger charge is 2.02. The Bertz CT molecular complexity index is 301. The van der Waals surface area contributed by atoms with Crippen LogP contribution in [0, 0.1) is 5.82 Å². The van der Waals surface area contributed by atoms with Crippen LogP contribution in [0.25, 0.3) is 0 Å². The number of nitrogens with zero attached hydrogens (tertiary/aromatic N) is 1. The summed E-state index contributed by atoms with van der Waals surface area (Å²) in [6, 6.07) is 5.95. The van der Waals surface area contributed by atoms with Crippen molar-refractivity contribution in [3.05, 3.63) is 35.6 Å². The van der Waals surface area contributed by atoms with Crippen LogP contribution in [-0.4, -0.2) is 5.96 Å². The lowest BCUT2D eigenvalue weighted by Gasteiger charge is -2.06. The van der Waals surface area contributed by atoms with Crippen molar-refractivity contribution in [2.75, 3.05) is 0 Å². The highest BCUT2D eigenvalue weighted by molar-refractivity contribution is 5.75. The van der Waals surface area contributed by atoms with Gasteiger partial charge >= 0.3 is 0 Å². The van der Waals surface area contributed by atoms with Gasteiger partial charge in [-0.3, -0.25) is 0 Å². The number of aliphatic imine (C=N–C) groups is 1. The summed E-state index contributed by atoms with van der Waals surface area (Å²) in [6.07, 6.45) is 0. The first-order valence-electron chi connectivity index (χ1n) is 3.94. The number of hydrogen-bond acceptors (Lipinski definition) is 1. The fourth-order valence-corrected chi connectivity index (χ4v) is 1.04. The van der Waals surface area contributed by atoms with E-state index in [0.29, 0.717) is 0 Å². The van der Waals surface area contributed by atoms with E-state index in [1.165, 1.54) is 12.1 Å². The molecule has 1 rings (SSSR count). The second-order valence-corrected chi connectivity index (χ2v) is 2.78. The molecule has 3 nitrogen and oxygen atoms in total. The first kappa shape index (κ1) is 9.51. The van der Waals surface area contributed by atoms with Crippen LogP contribution in [0.1, 0.15) is 18.5 Å². The largest absolute Gasteiger partial charge is 0.370 e. The maximum absolute atomic E-state index is 12.5. The van der Waals surface area contributed by atoms with Crippen LogP contribution in [-0.2, 0) is 0 Å². The summed E-state index contributed by atoms with van der Waals surface area (Å²) in [6.45, 7) is 1.84. The Morgan fingerprint density at radius 2 is 1.85 bits per heavy atom. The Kier molecular flexibility index (Phi) is 2.84. The minimum Gasteiger partial charge on any atom is -0.370 e. The molecule has 1 aromatic carbocycles. The maximum atomic E-state index is 12.5. The van der Waals surface area contributed by atoms with Gasteiger partial charge in [0.1, 0.15) is 5.82 Å².